The highest BCUT2D eigenvalue weighted by Gasteiger charge is 2.16. The first-order valence-corrected chi connectivity index (χ1v) is 10.5. The fraction of sp³-hybridized carbons (Fsp3) is 0.167. The van der Waals surface area contributed by atoms with Gasteiger partial charge in [0.1, 0.15) is 13.2 Å². The van der Waals surface area contributed by atoms with Crippen molar-refractivity contribution in [2.45, 2.75) is 13.0 Å². The van der Waals surface area contributed by atoms with E-state index in [-0.39, 0.29) is 5.56 Å². The summed E-state index contributed by atoms with van der Waals surface area (Å²) in [5.74, 6) is 2.33. The van der Waals surface area contributed by atoms with Gasteiger partial charge in [0.05, 0.1) is 10.9 Å². The van der Waals surface area contributed by atoms with Crippen LogP contribution in [0.3, 0.4) is 0 Å². The number of fused-ring (bicyclic) bond motifs is 4. The van der Waals surface area contributed by atoms with E-state index < -0.39 is 0 Å². The molecule has 0 saturated carbocycles. The van der Waals surface area contributed by atoms with Gasteiger partial charge < -0.3 is 14.0 Å². The number of rotatable bonds is 4. The number of pyridine rings is 1. The molecule has 158 valence electrons. The molecule has 0 aliphatic carbocycles. The smallest absolute Gasteiger partial charge is 0.261 e. The Kier molecular flexibility index (Phi) is 4.34. The third-order valence-electron chi connectivity index (χ3n) is 5.59. The first kappa shape index (κ1) is 18.6. The van der Waals surface area contributed by atoms with Crippen LogP contribution in [-0.4, -0.2) is 37.4 Å². The fourth-order valence-corrected chi connectivity index (χ4v) is 3.93. The molecule has 8 nitrogen and oxygen atoms in total. The number of hydrogen-bond donors (Lipinski definition) is 0. The van der Waals surface area contributed by atoms with E-state index in [0.717, 1.165) is 12.0 Å². The Morgan fingerprint density at radius 3 is 2.69 bits per heavy atom. The van der Waals surface area contributed by atoms with Crippen LogP contribution in [0.25, 0.3) is 28.1 Å². The molecule has 0 spiro atoms. The molecule has 0 atom stereocenters. The van der Waals surface area contributed by atoms with E-state index in [9.17, 15) is 4.79 Å². The van der Waals surface area contributed by atoms with E-state index >= 15 is 0 Å². The summed E-state index contributed by atoms with van der Waals surface area (Å²) in [5, 5.41) is 5.13. The fourth-order valence-electron chi connectivity index (χ4n) is 3.93. The lowest BCUT2D eigenvalue weighted by Gasteiger charge is -2.18. The lowest BCUT2D eigenvalue weighted by atomic mass is 10.1. The molecule has 0 N–H and O–H groups in total. The van der Waals surface area contributed by atoms with Crippen LogP contribution in [0.4, 0.5) is 0 Å². The summed E-state index contributed by atoms with van der Waals surface area (Å²) in [5.41, 5.74) is 2.56. The van der Waals surface area contributed by atoms with Gasteiger partial charge in [0, 0.05) is 24.5 Å². The zero-order valence-electron chi connectivity index (χ0n) is 17.1. The average molecular weight is 425 g/mol. The molecule has 0 fully saturated rings. The van der Waals surface area contributed by atoms with Crippen LogP contribution in [0.1, 0.15) is 5.56 Å². The largest absolute Gasteiger partial charge is 0.486 e. The molecular weight excluding hydrogens is 406 g/mol. The lowest BCUT2D eigenvalue weighted by molar-refractivity contribution is 0.171. The Bertz CT molecular complexity index is 1510. The summed E-state index contributed by atoms with van der Waals surface area (Å²) in [4.78, 5) is 22.0. The van der Waals surface area contributed by atoms with E-state index in [2.05, 4.69) is 27.2 Å². The minimum atomic E-state index is -0.0933. The monoisotopic (exact) mass is 425 g/mol. The van der Waals surface area contributed by atoms with Crippen molar-refractivity contribution in [3.05, 3.63) is 82.9 Å². The second kappa shape index (κ2) is 7.49. The van der Waals surface area contributed by atoms with E-state index in [4.69, 9.17) is 9.47 Å². The molecule has 0 unspecified atom stereocenters. The van der Waals surface area contributed by atoms with Crippen molar-refractivity contribution in [1.82, 2.24) is 24.1 Å². The second-order valence-corrected chi connectivity index (χ2v) is 7.61. The maximum Gasteiger partial charge on any atom is 0.261 e. The summed E-state index contributed by atoms with van der Waals surface area (Å²) in [7, 11) is 0. The third-order valence-corrected chi connectivity index (χ3v) is 5.59. The molecule has 6 rings (SSSR count). The molecule has 5 aromatic rings. The number of hydrogen-bond acceptors (Lipinski definition) is 6. The average Bonchev–Trinajstić information content (AvgIpc) is 3.29. The Morgan fingerprint density at radius 1 is 0.969 bits per heavy atom. The summed E-state index contributed by atoms with van der Waals surface area (Å²) in [6.07, 6.45) is 4.16. The van der Waals surface area contributed by atoms with E-state index in [1.54, 1.807) is 21.5 Å². The van der Waals surface area contributed by atoms with Gasteiger partial charge in [-0.15, -0.1) is 5.10 Å². The minimum absolute atomic E-state index is 0.0933. The molecule has 0 saturated heterocycles. The summed E-state index contributed by atoms with van der Waals surface area (Å²) in [6, 6.07) is 17.6. The second-order valence-electron chi connectivity index (χ2n) is 7.61. The highest BCUT2D eigenvalue weighted by molar-refractivity contribution is 5.79. The van der Waals surface area contributed by atoms with Crippen LogP contribution >= 0.6 is 0 Å². The number of aromatic nitrogens is 5. The molecule has 0 radical (unpaired) electrons. The van der Waals surface area contributed by atoms with Crippen LogP contribution in [0.5, 0.6) is 11.5 Å². The van der Waals surface area contributed by atoms with Gasteiger partial charge in [0.25, 0.3) is 11.3 Å². The van der Waals surface area contributed by atoms with Gasteiger partial charge in [-0.2, -0.15) is 9.50 Å². The molecule has 1 aliphatic rings. The van der Waals surface area contributed by atoms with Crippen LogP contribution in [0.15, 0.2) is 71.8 Å². The maximum absolute atomic E-state index is 13.1. The van der Waals surface area contributed by atoms with Crippen molar-refractivity contribution in [3.63, 3.8) is 0 Å². The Balaban J connectivity index is 1.38. The van der Waals surface area contributed by atoms with Crippen molar-refractivity contribution >= 4 is 16.7 Å². The van der Waals surface area contributed by atoms with Crippen LogP contribution in [0, 0.1) is 0 Å². The summed E-state index contributed by atoms with van der Waals surface area (Å²) < 4.78 is 14.6. The zero-order valence-corrected chi connectivity index (χ0v) is 17.1. The molecular formula is C24H19N5O3. The molecule has 4 heterocycles. The molecule has 8 heteroatoms. The van der Waals surface area contributed by atoms with Crippen molar-refractivity contribution in [2.75, 3.05) is 13.2 Å². The molecule has 32 heavy (non-hydrogen) atoms. The van der Waals surface area contributed by atoms with Crippen LogP contribution in [-0.2, 0) is 13.0 Å². The SMILES string of the molecule is O=c1c2cnc3nc(-c4ccc5c(c4)OCCO5)nn3c2ccn1CCc1ccccc1. The van der Waals surface area contributed by atoms with Gasteiger partial charge >= 0.3 is 0 Å². The highest BCUT2D eigenvalue weighted by Crippen LogP contribution is 2.33. The van der Waals surface area contributed by atoms with Crippen molar-refractivity contribution in [1.29, 1.82) is 0 Å². The molecule has 0 bridgehead atoms. The van der Waals surface area contributed by atoms with E-state index in [0.29, 0.717) is 53.8 Å². The molecule has 2 aromatic carbocycles. The van der Waals surface area contributed by atoms with Gasteiger partial charge in [0.15, 0.2) is 17.3 Å². The van der Waals surface area contributed by atoms with E-state index in [1.165, 1.54) is 5.56 Å². The molecule has 3 aromatic heterocycles. The predicted octanol–water partition coefficient (Wildman–Crippen LogP) is 3.12. The molecule has 0 amide bonds. The topological polar surface area (TPSA) is 83.5 Å². The normalized spacial score (nSPS) is 13.0. The minimum Gasteiger partial charge on any atom is -0.486 e. The van der Waals surface area contributed by atoms with E-state index in [1.807, 2.05) is 42.5 Å². The summed E-state index contributed by atoms with van der Waals surface area (Å²) in [6.45, 7) is 1.65. The number of ether oxygens (including phenoxy) is 2. The quantitative estimate of drug-likeness (QED) is 0.440. The van der Waals surface area contributed by atoms with Crippen LogP contribution < -0.4 is 15.0 Å². The number of aryl methyl sites for hydroxylation is 2. The Morgan fingerprint density at radius 2 is 1.81 bits per heavy atom. The third kappa shape index (κ3) is 3.17. The first-order chi connectivity index (χ1) is 15.8. The summed E-state index contributed by atoms with van der Waals surface area (Å²) >= 11 is 0. The first-order valence-electron chi connectivity index (χ1n) is 10.5. The number of nitrogens with zero attached hydrogens (tertiary/aromatic N) is 5. The highest BCUT2D eigenvalue weighted by atomic mass is 16.6. The Labute approximate surface area is 182 Å². The zero-order chi connectivity index (χ0) is 21.5. The standard InChI is InChI=1S/C24H19N5O3/c30-23-18-15-25-24-26-22(17-6-7-20-21(14-17)32-13-12-31-20)27-29(24)19(18)9-11-28(23)10-8-16-4-2-1-3-5-16/h1-7,9,11,14-15H,8,10,12-13H2. The van der Waals surface area contributed by atoms with Crippen molar-refractivity contribution in [3.8, 4) is 22.9 Å². The molecule has 1 aliphatic heterocycles. The van der Waals surface area contributed by atoms with Gasteiger partial charge in [0.2, 0.25) is 0 Å². The maximum atomic E-state index is 13.1. The van der Waals surface area contributed by atoms with Crippen molar-refractivity contribution in [2.24, 2.45) is 0 Å². The Hall–Kier alpha value is -4.20. The van der Waals surface area contributed by atoms with Gasteiger partial charge in [-0.1, -0.05) is 30.3 Å². The van der Waals surface area contributed by atoms with Gasteiger partial charge in [-0.25, -0.2) is 4.98 Å². The predicted molar refractivity (Wildman–Crippen MR) is 119 cm³/mol. The van der Waals surface area contributed by atoms with Crippen molar-refractivity contribution < 1.29 is 9.47 Å². The van der Waals surface area contributed by atoms with Crippen LogP contribution in [0.2, 0.25) is 0 Å². The van der Waals surface area contributed by atoms with Gasteiger partial charge in [-0.3, -0.25) is 4.79 Å². The van der Waals surface area contributed by atoms with Gasteiger partial charge in [-0.05, 0) is 36.2 Å². The lowest BCUT2D eigenvalue weighted by Crippen LogP contribution is -2.21. The number of benzene rings is 2.